The number of methoxy groups -OCH3 is 1. The lowest BCUT2D eigenvalue weighted by Crippen LogP contribution is -2.18. The van der Waals surface area contributed by atoms with Crippen molar-refractivity contribution in [2.75, 3.05) is 7.11 Å². The topological polar surface area (TPSA) is 21.3 Å². The summed E-state index contributed by atoms with van der Waals surface area (Å²) in [6.45, 7) is 7.29. The molecule has 2 rings (SSSR count). The van der Waals surface area contributed by atoms with E-state index in [1.807, 2.05) is 18.2 Å². The van der Waals surface area contributed by atoms with E-state index in [0.717, 1.165) is 12.3 Å². The number of benzene rings is 2. The Morgan fingerprint density at radius 3 is 2.35 bits per heavy atom. The minimum Gasteiger partial charge on any atom is -0.496 e. The van der Waals surface area contributed by atoms with E-state index >= 15 is 0 Å². The Balaban J connectivity index is 2.06. The van der Waals surface area contributed by atoms with E-state index in [1.54, 1.807) is 7.11 Å². The molecule has 2 aromatic rings. The molecule has 106 valence electrons. The highest BCUT2D eigenvalue weighted by atomic mass is 16.5. The molecule has 1 unspecified atom stereocenters. The first-order valence-electron chi connectivity index (χ1n) is 7.03. The normalized spacial score (nSPS) is 12.2. The molecular formula is C18H23NO. The molecule has 0 saturated heterocycles. The maximum absolute atomic E-state index is 5.38. The van der Waals surface area contributed by atoms with E-state index < -0.39 is 0 Å². The summed E-state index contributed by atoms with van der Waals surface area (Å²) in [5.41, 5.74) is 5.14. The first-order chi connectivity index (χ1) is 9.60. The van der Waals surface area contributed by atoms with Gasteiger partial charge in [-0.05, 0) is 32.4 Å². The average molecular weight is 269 g/mol. The SMILES string of the molecule is COc1ccccc1CNC(C)c1cc(C)cc(C)c1. The molecule has 0 saturated carbocycles. The van der Waals surface area contributed by atoms with Gasteiger partial charge in [-0.2, -0.15) is 0 Å². The minimum absolute atomic E-state index is 0.318. The molecule has 1 N–H and O–H groups in total. The largest absolute Gasteiger partial charge is 0.496 e. The van der Waals surface area contributed by atoms with E-state index in [2.05, 4.69) is 50.4 Å². The van der Waals surface area contributed by atoms with Crippen LogP contribution in [-0.2, 0) is 6.54 Å². The van der Waals surface area contributed by atoms with Crippen molar-refractivity contribution in [3.8, 4) is 5.75 Å². The molecule has 0 amide bonds. The lowest BCUT2D eigenvalue weighted by atomic mass is 10.0. The van der Waals surface area contributed by atoms with Crippen LogP contribution >= 0.6 is 0 Å². The van der Waals surface area contributed by atoms with Crippen molar-refractivity contribution >= 4 is 0 Å². The van der Waals surface area contributed by atoms with Crippen LogP contribution in [0.5, 0.6) is 5.75 Å². The number of ether oxygens (including phenoxy) is 1. The van der Waals surface area contributed by atoms with Crippen molar-refractivity contribution in [2.24, 2.45) is 0 Å². The zero-order chi connectivity index (χ0) is 14.5. The molecule has 2 nitrogen and oxygen atoms in total. The summed E-state index contributed by atoms with van der Waals surface area (Å²) < 4.78 is 5.38. The van der Waals surface area contributed by atoms with Gasteiger partial charge in [0.25, 0.3) is 0 Å². The van der Waals surface area contributed by atoms with Crippen LogP contribution in [0.4, 0.5) is 0 Å². The zero-order valence-electron chi connectivity index (χ0n) is 12.7. The van der Waals surface area contributed by atoms with Gasteiger partial charge in [0.05, 0.1) is 7.11 Å². The van der Waals surface area contributed by atoms with Crippen LogP contribution in [0.15, 0.2) is 42.5 Å². The highest BCUT2D eigenvalue weighted by molar-refractivity contribution is 5.34. The maximum atomic E-state index is 5.38. The van der Waals surface area contributed by atoms with Gasteiger partial charge < -0.3 is 10.1 Å². The second-order valence-corrected chi connectivity index (χ2v) is 5.34. The Kier molecular flexibility index (Phi) is 4.80. The van der Waals surface area contributed by atoms with Gasteiger partial charge in [-0.3, -0.25) is 0 Å². The van der Waals surface area contributed by atoms with E-state index in [4.69, 9.17) is 4.74 Å². The molecule has 0 aromatic heterocycles. The van der Waals surface area contributed by atoms with Crippen molar-refractivity contribution in [1.82, 2.24) is 5.32 Å². The molecule has 0 fully saturated rings. The molecule has 0 aliphatic carbocycles. The van der Waals surface area contributed by atoms with Gasteiger partial charge in [-0.15, -0.1) is 0 Å². The molecule has 1 atom stereocenters. The summed E-state index contributed by atoms with van der Waals surface area (Å²) in [4.78, 5) is 0. The summed E-state index contributed by atoms with van der Waals surface area (Å²) in [7, 11) is 1.71. The van der Waals surface area contributed by atoms with Crippen molar-refractivity contribution in [2.45, 2.75) is 33.4 Å². The number of aryl methyl sites for hydroxylation is 2. The van der Waals surface area contributed by atoms with Crippen LogP contribution in [-0.4, -0.2) is 7.11 Å². The zero-order valence-corrected chi connectivity index (χ0v) is 12.7. The molecule has 20 heavy (non-hydrogen) atoms. The number of rotatable bonds is 5. The quantitative estimate of drug-likeness (QED) is 0.880. The number of para-hydroxylation sites is 1. The highest BCUT2D eigenvalue weighted by Gasteiger charge is 2.08. The summed E-state index contributed by atoms with van der Waals surface area (Å²) in [6, 6.07) is 15.1. The average Bonchev–Trinajstić information content (AvgIpc) is 2.44. The van der Waals surface area contributed by atoms with Crippen LogP contribution in [0.25, 0.3) is 0 Å². The van der Waals surface area contributed by atoms with Crippen LogP contribution in [0, 0.1) is 13.8 Å². The predicted octanol–water partition coefficient (Wildman–Crippen LogP) is 4.16. The fraction of sp³-hybridized carbons (Fsp3) is 0.333. The van der Waals surface area contributed by atoms with Gasteiger partial charge in [-0.25, -0.2) is 0 Å². The smallest absolute Gasteiger partial charge is 0.123 e. The second-order valence-electron chi connectivity index (χ2n) is 5.34. The molecule has 0 bridgehead atoms. The maximum Gasteiger partial charge on any atom is 0.123 e. The third kappa shape index (κ3) is 3.61. The minimum atomic E-state index is 0.318. The van der Waals surface area contributed by atoms with Gasteiger partial charge in [0.1, 0.15) is 5.75 Å². The first kappa shape index (κ1) is 14.6. The Morgan fingerprint density at radius 1 is 1.05 bits per heavy atom. The van der Waals surface area contributed by atoms with E-state index in [-0.39, 0.29) is 0 Å². The third-order valence-corrected chi connectivity index (χ3v) is 3.54. The van der Waals surface area contributed by atoms with Crippen LogP contribution in [0.3, 0.4) is 0 Å². The Hall–Kier alpha value is -1.80. The van der Waals surface area contributed by atoms with Gasteiger partial charge in [0, 0.05) is 18.2 Å². The number of hydrogen-bond donors (Lipinski definition) is 1. The molecule has 0 spiro atoms. The van der Waals surface area contributed by atoms with Crippen LogP contribution < -0.4 is 10.1 Å². The predicted molar refractivity (Wildman–Crippen MR) is 84.2 cm³/mol. The van der Waals surface area contributed by atoms with Gasteiger partial charge in [0.15, 0.2) is 0 Å². The van der Waals surface area contributed by atoms with Crippen LogP contribution in [0.2, 0.25) is 0 Å². The molecule has 0 aliphatic rings. The van der Waals surface area contributed by atoms with Gasteiger partial charge in [0.2, 0.25) is 0 Å². The van der Waals surface area contributed by atoms with E-state index in [9.17, 15) is 0 Å². The number of nitrogens with one attached hydrogen (secondary N) is 1. The molecule has 0 heterocycles. The van der Waals surface area contributed by atoms with Crippen molar-refractivity contribution in [3.63, 3.8) is 0 Å². The van der Waals surface area contributed by atoms with E-state index in [0.29, 0.717) is 6.04 Å². The van der Waals surface area contributed by atoms with Gasteiger partial charge in [-0.1, -0.05) is 47.5 Å². The van der Waals surface area contributed by atoms with Crippen molar-refractivity contribution in [1.29, 1.82) is 0 Å². The molecule has 0 radical (unpaired) electrons. The van der Waals surface area contributed by atoms with Gasteiger partial charge >= 0.3 is 0 Å². The molecule has 2 heteroatoms. The first-order valence-corrected chi connectivity index (χ1v) is 7.03. The van der Waals surface area contributed by atoms with Crippen molar-refractivity contribution < 1.29 is 4.74 Å². The summed E-state index contributed by atoms with van der Waals surface area (Å²) in [6.07, 6.45) is 0. The number of hydrogen-bond acceptors (Lipinski definition) is 2. The fourth-order valence-corrected chi connectivity index (χ4v) is 2.49. The molecule has 2 aromatic carbocycles. The fourth-order valence-electron chi connectivity index (χ4n) is 2.49. The Morgan fingerprint density at radius 2 is 1.70 bits per heavy atom. The summed E-state index contributed by atoms with van der Waals surface area (Å²) >= 11 is 0. The second kappa shape index (κ2) is 6.58. The lowest BCUT2D eigenvalue weighted by Gasteiger charge is -2.17. The highest BCUT2D eigenvalue weighted by Crippen LogP contribution is 2.20. The molecule has 0 aliphatic heterocycles. The van der Waals surface area contributed by atoms with Crippen molar-refractivity contribution in [3.05, 3.63) is 64.7 Å². The van der Waals surface area contributed by atoms with E-state index in [1.165, 1.54) is 22.3 Å². The Labute approximate surface area is 121 Å². The third-order valence-electron chi connectivity index (χ3n) is 3.54. The Bertz CT molecular complexity index is 557. The monoisotopic (exact) mass is 269 g/mol. The van der Waals surface area contributed by atoms with Crippen LogP contribution in [0.1, 0.15) is 35.2 Å². The summed E-state index contributed by atoms with van der Waals surface area (Å²) in [5, 5.41) is 3.56. The lowest BCUT2D eigenvalue weighted by molar-refractivity contribution is 0.406. The molecular weight excluding hydrogens is 246 g/mol. The summed E-state index contributed by atoms with van der Waals surface area (Å²) in [5.74, 6) is 0.938. The standard InChI is InChI=1S/C18H23NO/c1-13-9-14(2)11-17(10-13)15(3)19-12-16-7-5-6-8-18(16)20-4/h5-11,15,19H,12H2,1-4H3.